The molecule has 0 saturated heterocycles. The van der Waals surface area contributed by atoms with Crippen molar-refractivity contribution in [2.45, 2.75) is 40.0 Å². The predicted molar refractivity (Wildman–Crippen MR) is 91.5 cm³/mol. The average Bonchev–Trinajstić information content (AvgIpc) is 2.47. The van der Waals surface area contributed by atoms with Crippen LogP contribution in [0.25, 0.3) is 0 Å². The lowest BCUT2D eigenvalue weighted by Crippen LogP contribution is -2.31. The molecule has 0 spiro atoms. The van der Waals surface area contributed by atoms with Crippen LogP contribution in [0, 0.1) is 6.92 Å². The molecule has 0 atom stereocenters. The fourth-order valence-electron chi connectivity index (χ4n) is 2.37. The van der Waals surface area contributed by atoms with E-state index in [0.717, 1.165) is 16.9 Å². The van der Waals surface area contributed by atoms with Gasteiger partial charge in [0.05, 0.1) is 0 Å². The van der Waals surface area contributed by atoms with Crippen LogP contribution in [0.2, 0.25) is 0 Å². The van der Waals surface area contributed by atoms with Crippen molar-refractivity contribution in [1.29, 1.82) is 0 Å². The van der Waals surface area contributed by atoms with Crippen molar-refractivity contribution in [3.05, 3.63) is 59.4 Å². The van der Waals surface area contributed by atoms with E-state index in [1.54, 1.807) is 17.2 Å². The highest BCUT2D eigenvalue weighted by molar-refractivity contribution is 6.06. The second kappa shape index (κ2) is 6.30. The molecule has 1 aromatic heterocycles. The molecule has 0 saturated carbocycles. The van der Waals surface area contributed by atoms with Gasteiger partial charge in [0.2, 0.25) is 0 Å². The smallest absolute Gasteiger partial charge is 0.258 e. The number of rotatable bonds is 3. The molecule has 3 nitrogen and oxygen atoms in total. The Labute approximate surface area is 133 Å². The molecule has 0 N–H and O–H groups in total. The molecule has 1 heterocycles. The van der Waals surface area contributed by atoms with Gasteiger partial charge in [0.25, 0.3) is 5.91 Å². The summed E-state index contributed by atoms with van der Waals surface area (Å²) < 4.78 is 0. The maximum Gasteiger partial charge on any atom is 0.258 e. The Morgan fingerprint density at radius 3 is 2.50 bits per heavy atom. The van der Waals surface area contributed by atoms with Crippen LogP contribution < -0.4 is 4.90 Å². The number of pyridine rings is 1. The van der Waals surface area contributed by atoms with Gasteiger partial charge in [-0.25, -0.2) is 0 Å². The second-order valence-electron chi connectivity index (χ2n) is 6.57. The van der Waals surface area contributed by atoms with E-state index < -0.39 is 0 Å². The lowest BCUT2D eigenvalue weighted by atomic mass is 9.91. The molecule has 3 heteroatoms. The molecule has 0 bridgehead atoms. The molecule has 2 aromatic rings. The number of aryl methyl sites for hydroxylation is 1. The van der Waals surface area contributed by atoms with Gasteiger partial charge in [-0.1, -0.05) is 32.9 Å². The van der Waals surface area contributed by atoms with Gasteiger partial charge >= 0.3 is 0 Å². The molecule has 2 rings (SSSR count). The van der Waals surface area contributed by atoms with Gasteiger partial charge in [-0.3, -0.25) is 9.78 Å². The van der Waals surface area contributed by atoms with Gasteiger partial charge in [-0.2, -0.15) is 0 Å². The average molecular weight is 296 g/mol. The van der Waals surface area contributed by atoms with Crippen molar-refractivity contribution in [1.82, 2.24) is 4.98 Å². The van der Waals surface area contributed by atoms with Gasteiger partial charge in [0.15, 0.2) is 0 Å². The zero-order valence-electron chi connectivity index (χ0n) is 14.1. The minimum atomic E-state index is -0.0727. The Hall–Kier alpha value is -2.16. The molecule has 0 unspecified atom stereocenters. The highest BCUT2D eigenvalue weighted by Gasteiger charge is 2.20. The van der Waals surface area contributed by atoms with E-state index in [1.165, 1.54) is 0 Å². The topological polar surface area (TPSA) is 33.2 Å². The van der Waals surface area contributed by atoms with Crippen molar-refractivity contribution >= 4 is 11.6 Å². The Bertz CT molecular complexity index is 671. The summed E-state index contributed by atoms with van der Waals surface area (Å²) in [4.78, 5) is 19.1. The molecule has 0 aliphatic heterocycles. The maximum atomic E-state index is 12.9. The van der Waals surface area contributed by atoms with Gasteiger partial charge < -0.3 is 4.90 Å². The van der Waals surface area contributed by atoms with E-state index in [-0.39, 0.29) is 11.3 Å². The molecule has 1 amide bonds. The summed E-state index contributed by atoms with van der Waals surface area (Å²) in [6, 6.07) is 11.7. The zero-order valence-corrected chi connectivity index (χ0v) is 14.1. The van der Waals surface area contributed by atoms with Crippen molar-refractivity contribution in [3.8, 4) is 0 Å². The minimum Gasteiger partial charge on any atom is -0.309 e. The van der Waals surface area contributed by atoms with Crippen LogP contribution in [0.3, 0.4) is 0 Å². The number of hydrogen-bond acceptors (Lipinski definition) is 2. The highest BCUT2D eigenvalue weighted by Crippen LogP contribution is 2.23. The molecule has 116 valence electrons. The monoisotopic (exact) mass is 296 g/mol. The Kier molecular flexibility index (Phi) is 4.65. The predicted octanol–water partition coefficient (Wildman–Crippen LogP) is 4.35. The van der Waals surface area contributed by atoms with Gasteiger partial charge in [0.1, 0.15) is 0 Å². The summed E-state index contributed by atoms with van der Waals surface area (Å²) in [5.41, 5.74) is 3.62. The number of benzene rings is 1. The third kappa shape index (κ3) is 3.53. The number of amides is 1. The first-order valence-corrected chi connectivity index (χ1v) is 7.68. The second-order valence-corrected chi connectivity index (χ2v) is 6.57. The van der Waals surface area contributed by atoms with Crippen LogP contribution in [0.1, 0.15) is 49.3 Å². The third-order valence-electron chi connectivity index (χ3n) is 3.65. The Morgan fingerprint density at radius 1 is 1.18 bits per heavy atom. The van der Waals surface area contributed by atoms with Crippen molar-refractivity contribution in [2.75, 3.05) is 11.4 Å². The number of nitrogens with zero attached hydrogens (tertiary/aromatic N) is 2. The summed E-state index contributed by atoms with van der Waals surface area (Å²) in [7, 11) is 0. The quantitative estimate of drug-likeness (QED) is 0.843. The van der Waals surface area contributed by atoms with Crippen molar-refractivity contribution < 1.29 is 4.79 Å². The number of carbonyl (C=O) groups is 1. The van der Waals surface area contributed by atoms with Gasteiger partial charge in [0, 0.05) is 35.1 Å². The normalized spacial score (nSPS) is 11.3. The third-order valence-corrected chi connectivity index (χ3v) is 3.65. The van der Waals surface area contributed by atoms with Crippen LogP contribution >= 0.6 is 0 Å². The van der Waals surface area contributed by atoms with E-state index in [9.17, 15) is 4.79 Å². The Balaban J connectivity index is 2.37. The number of hydrogen-bond donors (Lipinski definition) is 0. The lowest BCUT2D eigenvalue weighted by Gasteiger charge is -2.23. The zero-order chi connectivity index (χ0) is 16.3. The molecule has 0 fully saturated rings. The van der Waals surface area contributed by atoms with E-state index in [4.69, 9.17) is 0 Å². The van der Waals surface area contributed by atoms with Crippen LogP contribution in [-0.4, -0.2) is 17.4 Å². The maximum absolute atomic E-state index is 12.9. The molecule has 0 aliphatic carbocycles. The summed E-state index contributed by atoms with van der Waals surface area (Å²) >= 11 is 0. The molecular weight excluding hydrogens is 272 g/mol. The van der Waals surface area contributed by atoms with E-state index >= 15 is 0 Å². The molecule has 0 radical (unpaired) electrons. The van der Waals surface area contributed by atoms with Crippen LogP contribution in [0.15, 0.2) is 42.6 Å². The largest absolute Gasteiger partial charge is 0.309 e. The first kappa shape index (κ1) is 16.2. The first-order chi connectivity index (χ1) is 10.3. The van der Waals surface area contributed by atoms with Crippen LogP contribution in [0.5, 0.6) is 0 Å². The fourth-order valence-corrected chi connectivity index (χ4v) is 2.37. The molecule has 0 aliphatic rings. The highest BCUT2D eigenvalue weighted by atomic mass is 16.2. The van der Waals surface area contributed by atoms with Crippen molar-refractivity contribution in [2.24, 2.45) is 0 Å². The summed E-state index contributed by atoms with van der Waals surface area (Å²) in [6.45, 7) is 11.0. The van der Waals surface area contributed by atoms with Gasteiger partial charge in [-0.05, 0) is 43.7 Å². The molecular formula is C19H24N2O. The standard InChI is InChI=1S/C19H24N2O/c1-6-21(16-9-7-8-14(2)12-16)18(22)15-10-11-20-17(13-15)19(3,4)5/h7-13H,6H2,1-5H3. The lowest BCUT2D eigenvalue weighted by molar-refractivity contribution is 0.0988. The summed E-state index contributed by atoms with van der Waals surface area (Å²) in [6.07, 6.45) is 1.72. The van der Waals surface area contributed by atoms with Gasteiger partial charge in [-0.15, -0.1) is 0 Å². The molecule has 1 aromatic carbocycles. The summed E-state index contributed by atoms with van der Waals surface area (Å²) in [5.74, 6) is 0.0148. The summed E-state index contributed by atoms with van der Waals surface area (Å²) in [5, 5.41) is 0. The fraction of sp³-hybridized carbons (Fsp3) is 0.368. The van der Waals surface area contributed by atoms with E-state index in [2.05, 4.69) is 25.8 Å². The number of aromatic nitrogens is 1. The van der Waals surface area contributed by atoms with Crippen molar-refractivity contribution in [3.63, 3.8) is 0 Å². The van der Waals surface area contributed by atoms with Crippen LogP contribution in [0.4, 0.5) is 5.69 Å². The number of anilines is 1. The minimum absolute atomic E-state index is 0.0148. The van der Waals surface area contributed by atoms with Crippen LogP contribution in [-0.2, 0) is 5.41 Å². The first-order valence-electron chi connectivity index (χ1n) is 7.68. The number of carbonyl (C=O) groups excluding carboxylic acids is 1. The van der Waals surface area contributed by atoms with E-state index in [0.29, 0.717) is 12.1 Å². The Morgan fingerprint density at radius 2 is 1.91 bits per heavy atom. The van der Waals surface area contributed by atoms with E-state index in [1.807, 2.05) is 44.2 Å². The SMILES string of the molecule is CCN(C(=O)c1ccnc(C(C)(C)C)c1)c1cccc(C)c1. The molecule has 22 heavy (non-hydrogen) atoms.